The van der Waals surface area contributed by atoms with Crippen LogP contribution in [0, 0.1) is 12.7 Å². The fraction of sp³-hybridized carbons (Fsp3) is 0.278. The number of aryl methyl sites for hydroxylation is 1. The first-order valence-corrected chi connectivity index (χ1v) is 9.70. The Kier molecular flexibility index (Phi) is 5.79. The summed E-state index contributed by atoms with van der Waals surface area (Å²) in [7, 11) is -3.86. The van der Waals surface area contributed by atoms with Crippen LogP contribution in [-0.2, 0) is 14.8 Å². The molecule has 0 heterocycles. The molecule has 0 aliphatic rings. The number of rotatable bonds is 6. The van der Waals surface area contributed by atoms with E-state index in [0.29, 0.717) is 5.69 Å². The molecule has 0 saturated carbocycles. The maximum Gasteiger partial charge on any atom is 0.248 e. The van der Waals surface area contributed by atoms with Gasteiger partial charge in [0.2, 0.25) is 15.9 Å². The Morgan fingerprint density at radius 2 is 1.88 bits per heavy atom. The third-order valence-electron chi connectivity index (χ3n) is 3.71. The number of nitrogens with zero attached hydrogens (tertiary/aromatic N) is 1. The summed E-state index contributed by atoms with van der Waals surface area (Å²) in [6.45, 7) is 3.56. The van der Waals surface area contributed by atoms with Crippen LogP contribution in [0.4, 0.5) is 15.8 Å². The molecule has 0 radical (unpaired) electrons. The van der Waals surface area contributed by atoms with E-state index in [1.807, 2.05) is 13.0 Å². The van der Waals surface area contributed by atoms with Crippen LogP contribution < -0.4 is 9.62 Å². The average molecular weight is 364 g/mol. The highest BCUT2D eigenvalue weighted by Gasteiger charge is 2.33. The number of carbonyl (C=O) groups excluding carboxylic acids is 1. The normalized spacial score (nSPS) is 12.5. The molecule has 0 aliphatic carbocycles. The molecule has 7 heteroatoms. The Balaban J connectivity index is 2.40. The summed E-state index contributed by atoms with van der Waals surface area (Å²) in [5.41, 5.74) is 1.38. The molecule has 1 atom stereocenters. The van der Waals surface area contributed by atoms with Crippen molar-refractivity contribution in [2.75, 3.05) is 15.9 Å². The maximum absolute atomic E-state index is 14.2. The summed E-state index contributed by atoms with van der Waals surface area (Å²) in [6.07, 6.45) is 1.15. The van der Waals surface area contributed by atoms with Gasteiger partial charge in [-0.1, -0.05) is 31.2 Å². The second kappa shape index (κ2) is 7.65. The quantitative estimate of drug-likeness (QED) is 0.855. The Morgan fingerprint density at radius 3 is 2.44 bits per heavy atom. The predicted octanol–water partition coefficient (Wildman–Crippen LogP) is 3.32. The minimum atomic E-state index is -3.86. The third kappa shape index (κ3) is 4.57. The largest absolute Gasteiger partial charge is 0.324 e. The lowest BCUT2D eigenvalue weighted by Gasteiger charge is -2.30. The van der Waals surface area contributed by atoms with E-state index in [-0.39, 0.29) is 12.1 Å². The SMILES string of the molecule is CCC(C(=O)Nc1cccc(C)c1)N(c1ccccc1F)S(C)(=O)=O. The first-order chi connectivity index (χ1) is 11.7. The Hall–Kier alpha value is -2.41. The van der Waals surface area contributed by atoms with Gasteiger partial charge in [0.15, 0.2) is 0 Å². The van der Waals surface area contributed by atoms with Gasteiger partial charge in [-0.3, -0.25) is 9.10 Å². The van der Waals surface area contributed by atoms with Gasteiger partial charge in [-0.25, -0.2) is 12.8 Å². The highest BCUT2D eigenvalue weighted by Crippen LogP contribution is 2.26. The molecular weight excluding hydrogens is 343 g/mol. The van der Waals surface area contributed by atoms with Crippen LogP contribution in [0.25, 0.3) is 0 Å². The van der Waals surface area contributed by atoms with Crippen molar-refractivity contribution in [3.8, 4) is 0 Å². The number of anilines is 2. The highest BCUT2D eigenvalue weighted by molar-refractivity contribution is 7.92. The molecule has 0 bridgehead atoms. The van der Waals surface area contributed by atoms with Crippen LogP contribution in [-0.4, -0.2) is 26.6 Å². The van der Waals surface area contributed by atoms with E-state index in [4.69, 9.17) is 0 Å². The number of carbonyl (C=O) groups is 1. The molecule has 0 saturated heterocycles. The zero-order valence-corrected chi connectivity index (χ0v) is 15.2. The average Bonchev–Trinajstić information content (AvgIpc) is 2.52. The molecule has 25 heavy (non-hydrogen) atoms. The van der Waals surface area contributed by atoms with E-state index in [0.717, 1.165) is 16.1 Å². The molecule has 2 rings (SSSR count). The minimum Gasteiger partial charge on any atom is -0.324 e. The number of benzene rings is 2. The summed E-state index contributed by atoms with van der Waals surface area (Å²) >= 11 is 0. The first kappa shape index (κ1) is 18.9. The number of halogens is 1. The van der Waals surface area contributed by atoms with Crippen LogP contribution in [0.1, 0.15) is 18.9 Å². The second-order valence-corrected chi connectivity index (χ2v) is 7.65. The van der Waals surface area contributed by atoms with Crippen LogP contribution in [0.3, 0.4) is 0 Å². The number of hydrogen-bond acceptors (Lipinski definition) is 3. The molecule has 2 aromatic rings. The molecule has 2 aromatic carbocycles. The lowest BCUT2D eigenvalue weighted by molar-refractivity contribution is -0.117. The first-order valence-electron chi connectivity index (χ1n) is 7.85. The van der Waals surface area contributed by atoms with Crippen LogP contribution in [0.15, 0.2) is 48.5 Å². The summed E-state index contributed by atoms with van der Waals surface area (Å²) in [4.78, 5) is 12.7. The van der Waals surface area contributed by atoms with Gasteiger partial charge in [0.25, 0.3) is 0 Å². The van der Waals surface area contributed by atoms with Crippen LogP contribution in [0.5, 0.6) is 0 Å². The highest BCUT2D eigenvalue weighted by atomic mass is 32.2. The number of amides is 1. The smallest absolute Gasteiger partial charge is 0.248 e. The lowest BCUT2D eigenvalue weighted by Crippen LogP contribution is -2.47. The number of hydrogen-bond donors (Lipinski definition) is 1. The molecule has 134 valence electrons. The molecule has 1 unspecified atom stereocenters. The molecule has 1 amide bonds. The van der Waals surface area contributed by atoms with Gasteiger partial charge in [-0.15, -0.1) is 0 Å². The van der Waals surface area contributed by atoms with Crippen molar-refractivity contribution in [2.24, 2.45) is 0 Å². The molecule has 0 aliphatic heterocycles. The van der Waals surface area contributed by atoms with Crippen molar-refractivity contribution in [3.63, 3.8) is 0 Å². The minimum absolute atomic E-state index is 0.142. The van der Waals surface area contributed by atoms with Gasteiger partial charge >= 0.3 is 0 Å². The Morgan fingerprint density at radius 1 is 1.20 bits per heavy atom. The standard InChI is InChI=1S/C18H21FN2O3S/c1-4-16(18(22)20-14-9-7-8-13(2)12-14)21(25(3,23)24)17-11-6-5-10-15(17)19/h5-12,16H,4H2,1-3H3,(H,20,22). The van der Waals surface area contributed by atoms with Gasteiger partial charge in [0.1, 0.15) is 11.9 Å². The predicted molar refractivity (Wildman–Crippen MR) is 97.6 cm³/mol. The van der Waals surface area contributed by atoms with E-state index < -0.39 is 27.8 Å². The van der Waals surface area contributed by atoms with Crippen molar-refractivity contribution in [2.45, 2.75) is 26.3 Å². The Bertz CT molecular complexity index is 868. The molecule has 0 aromatic heterocycles. The molecule has 0 spiro atoms. The van der Waals surface area contributed by atoms with Gasteiger partial charge in [0.05, 0.1) is 11.9 Å². The van der Waals surface area contributed by atoms with Gasteiger partial charge in [0, 0.05) is 5.69 Å². The fourth-order valence-corrected chi connectivity index (χ4v) is 3.83. The zero-order chi connectivity index (χ0) is 18.6. The molecule has 5 nitrogen and oxygen atoms in total. The summed E-state index contributed by atoms with van der Waals surface area (Å²) in [6, 6.07) is 11.6. The number of sulfonamides is 1. The summed E-state index contributed by atoms with van der Waals surface area (Å²) in [5, 5.41) is 2.71. The third-order valence-corrected chi connectivity index (χ3v) is 4.87. The monoisotopic (exact) mass is 364 g/mol. The molecule has 1 N–H and O–H groups in total. The van der Waals surface area contributed by atoms with Crippen molar-refractivity contribution >= 4 is 27.3 Å². The summed E-state index contributed by atoms with van der Waals surface area (Å²) in [5.74, 6) is -1.21. The van der Waals surface area contributed by atoms with E-state index in [1.54, 1.807) is 25.1 Å². The second-order valence-electron chi connectivity index (χ2n) is 5.79. The van der Waals surface area contributed by atoms with Crippen molar-refractivity contribution in [1.29, 1.82) is 0 Å². The zero-order valence-electron chi connectivity index (χ0n) is 14.4. The van der Waals surface area contributed by atoms with Crippen LogP contribution in [0.2, 0.25) is 0 Å². The summed E-state index contributed by atoms with van der Waals surface area (Å²) < 4.78 is 39.6. The van der Waals surface area contributed by atoms with Gasteiger partial charge < -0.3 is 5.32 Å². The van der Waals surface area contributed by atoms with Crippen molar-refractivity contribution in [1.82, 2.24) is 0 Å². The molecular formula is C18H21FN2O3S. The van der Waals surface area contributed by atoms with E-state index >= 15 is 0 Å². The maximum atomic E-state index is 14.2. The van der Waals surface area contributed by atoms with Gasteiger partial charge in [-0.05, 0) is 43.2 Å². The lowest BCUT2D eigenvalue weighted by atomic mass is 10.1. The van der Waals surface area contributed by atoms with E-state index in [2.05, 4.69) is 5.32 Å². The fourth-order valence-electron chi connectivity index (χ4n) is 2.61. The van der Waals surface area contributed by atoms with Crippen LogP contribution >= 0.6 is 0 Å². The number of nitrogens with one attached hydrogen (secondary N) is 1. The van der Waals surface area contributed by atoms with E-state index in [1.165, 1.54) is 24.3 Å². The Labute approximate surface area is 147 Å². The van der Waals surface area contributed by atoms with Gasteiger partial charge in [-0.2, -0.15) is 0 Å². The van der Waals surface area contributed by atoms with Crippen molar-refractivity contribution < 1.29 is 17.6 Å². The topological polar surface area (TPSA) is 66.5 Å². The molecule has 0 fully saturated rings. The van der Waals surface area contributed by atoms with E-state index in [9.17, 15) is 17.6 Å². The van der Waals surface area contributed by atoms with Crippen molar-refractivity contribution in [3.05, 3.63) is 59.9 Å². The number of para-hydroxylation sites is 1.